The number of Topliss-reactive ketones (excluding diaryl/α,β-unsaturated/α-hetero) is 1. The van der Waals surface area contributed by atoms with Crippen LogP contribution in [0.25, 0.3) is 0 Å². The van der Waals surface area contributed by atoms with Gasteiger partial charge in [-0.2, -0.15) is 0 Å². The van der Waals surface area contributed by atoms with Gasteiger partial charge in [-0.05, 0) is 56.2 Å². The van der Waals surface area contributed by atoms with Crippen LogP contribution in [0.15, 0.2) is 24.3 Å². The van der Waals surface area contributed by atoms with E-state index in [1.807, 2.05) is 12.1 Å². The summed E-state index contributed by atoms with van der Waals surface area (Å²) < 4.78 is 5.09. The zero-order chi connectivity index (χ0) is 27.8. The minimum atomic E-state index is -0.908. The molecule has 0 fully saturated rings. The highest BCUT2D eigenvalue weighted by molar-refractivity contribution is 5.98. The van der Waals surface area contributed by atoms with E-state index >= 15 is 0 Å². The van der Waals surface area contributed by atoms with Gasteiger partial charge in [-0.1, -0.05) is 26.0 Å². The maximum absolute atomic E-state index is 13.1. The molecule has 2 unspecified atom stereocenters. The highest BCUT2D eigenvalue weighted by Crippen LogP contribution is 2.12. The summed E-state index contributed by atoms with van der Waals surface area (Å²) in [4.78, 5) is 60.6. The van der Waals surface area contributed by atoms with Crippen molar-refractivity contribution in [2.45, 2.75) is 78.0 Å². The summed E-state index contributed by atoms with van der Waals surface area (Å²) in [7, 11) is 1.59. The van der Waals surface area contributed by atoms with Crippen LogP contribution in [-0.2, 0) is 30.5 Å². The number of carbonyl (C=O) groups is 5. The van der Waals surface area contributed by atoms with Gasteiger partial charge in [0.2, 0.25) is 17.7 Å². The first-order valence-corrected chi connectivity index (χ1v) is 12.5. The van der Waals surface area contributed by atoms with E-state index in [1.165, 1.54) is 6.92 Å². The SMILES string of the molecule is COCc1ccc(NC(=O)C(CCCNC(N)=O)NC(=O)C(NC(=O)CCCCC(C)=O)C(C)C)cc1. The van der Waals surface area contributed by atoms with Crippen LogP contribution in [0.5, 0.6) is 0 Å². The average molecular weight is 520 g/mol. The monoisotopic (exact) mass is 519 g/mol. The minimum Gasteiger partial charge on any atom is -0.380 e. The lowest BCUT2D eigenvalue weighted by atomic mass is 10.0. The highest BCUT2D eigenvalue weighted by atomic mass is 16.5. The van der Waals surface area contributed by atoms with Gasteiger partial charge in [-0.15, -0.1) is 0 Å². The van der Waals surface area contributed by atoms with Gasteiger partial charge < -0.3 is 36.5 Å². The molecule has 37 heavy (non-hydrogen) atoms. The first kappa shape index (κ1) is 31.6. The van der Waals surface area contributed by atoms with Gasteiger partial charge in [0.1, 0.15) is 17.9 Å². The number of amides is 5. The lowest BCUT2D eigenvalue weighted by Gasteiger charge is -2.25. The van der Waals surface area contributed by atoms with E-state index in [2.05, 4.69) is 21.3 Å². The second-order valence-corrected chi connectivity index (χ2v) is 9.31. The number of ether oxygens (including phenoxy) is 1. The molecule has 1 aromatic rings. The number of anilines is 1. The van der Waals surface area contributed by atoms with Crippen LogP contribution in [0.4, 0.5) is 10.5 Å². The number of nitrogens with two attached hydrogens (primary N) is 1. The molecule has 5 amide bonds. The zero-order valence-corrected chi connectivity index (χ0v) is 22.2. The molecule has 1 rings (SSSR count). The molecule has 0 heterocycles. The number of hydrogen-bond donors (Lipinski definition) is 5. The number of primary amides is 1. The van der Waals surface area contributed by atoms with Gasteiger partial charge in [-0.3, -0.25) is 14.4 Å². The maximum Gasteiger partial charge on any atom is 0.312 e. The van der Waals surface area contributed by atoms with Crippen LogP contribution in [0.2, 0.25) is 0 Å². The zero-order valence-electron chi connectivity index (χ0n) is 22.2. The molecule has 0 aliphatic heterocycles. The van der Waals surface area contributed by atoms with Gasteiger partial charge in [0.05, 0.1) is 6.61 Å². The molecular weight excluding hydrogens is 478 g/mol. The van der Waals surface area contributed by atoms with E-state index in [0.29, 0.717) is 38.0 Å². The van der Waals surface area contributed by atoms with E-state index in [1.54, 1.807) is 33.1 Å². The molecule has 1 aromatic carbocycles. The number of unbranched alkanes of at least 4 members (excludes halogenated alkanes) is 1. The Balaban J connectivity index is 2.84. The first-order valence-electron chi connectivity index (χ1n) is 12.5. The predicted molar refractivity (Wildman–Crippen MR) is 140 cm³/mol. The number of hydrogen-bond acceptors (Lipinski definition) is 6. The third-order valence-corrected chi connectivity index (χ3v) is 5.58. The number of methoxy groups -OCH3 is 1. The van der Waals surface area contributed by atoms with Crippen molar-refractivity contribution in [1.29, 1.82) is 0 Å². The summed E-state index contributed by atoms with van der Waals surface area (Å²) in [5.41, 5.74) is 6.60. The lowest BCUT2D eigenvalue weighted by Crippen LogP contribution is -2.54. The largest absolute Gasteiger partial charge is 0.380 e. The average Bonchev–Trinajstić information content (AvgIpc) is 2.83. The molecule has 0 aliphatic carbocycles. The third kappa shape index (κ3) is 13.4. The normalized spacial score (nSPS) is 12.4. The van der Waals surface area contributed by atoms with Gasteiger partial charge in [-0.25, -0.2) is 4.79 Å². The summed E-state index contributed by atoms with van der Waals surface area (Å²) in [5, 5.41) is 10.8. The van der Waals surface area contributed by atoms with Gasteiger partial charge in [0.25, 0.3) is 0 Å². The van der Waals surface area contributed by atoms with Gasteiger partial charge in [0.15, 0.2) is 0 Å². The molecule has 0 saturated carbocycles. The fourth-order valence-corrected chi connectivity index (χ4v) is 3.57. The summed E-state index contributed by atoms with van der Waals surface area (Å²) >= 11 is 0. The quantitative estimate of drug-likeness (QED) is 0.197. The van der Waals surface area contributed by atoms with E-state index in [0.717, 1.165) is 5.56 Å². The Bertz CT molecular complexity index is 903. The fourth-order valence-electron chi connectivity index (χ4n) is 3.57. The topological polar surface area (TPSA) is 169 Å². The Morgan fingerprint density at radius 3 is 2.14 bits per heavy atom. The Labute approximate surface area is 218 Å². The number of carbonyl (C=O) groups excluding carboxylic acids is 5. The molecule has 0 aliphatic rings. The first-order chi connectivity index (χ1) is 17.5. The molecule has 0 bridgehead atoms. The molecule has 206 valence electrons. The number of benzene rings is 1. The fraction of sp³-hybridized carbons (Fsp3) is 0.577. The summed E-state index contributed by atoms with van der Waals surface area (Å²) in [6.45, 7) is 5.79. The molecule has 11 nitrogen and oxygen atoms in total. The second kappa shape index (κ2) is 17.1. The summed E-state index contributed by atoms with van der Waals surface area (Å²) in [6.07, 6.45) is 2.39. The highest BCUT2D eigenvalue weighted by Gasteiger charge is 2.28. The Kier molecular flexibility index (Phi) is 14.6. The van der Waals surface area contributed by atoms with E-state index < -0.39 is 29.9 Å². The molecule has 0 spiro atoms. The van der Waals surface area contributed by atoms with Crippen LogP contribution in [0.3, 0.4) is 0 Å². The van der Waals surface area contributed by atoms with Crippen molar-refractivity contribution in [3.05, 3.63) is 29.8 Å². The molecule has 0 saturated heterocycles. The smallest absolute Gasteiger partial charge is 0.312 e. The number of urea groups is 1. The minimum absolute atomic E-state index is 0.0705. The van der Waals surface area contributed by atoms with Crippen molar-refractivity contribution >= 4 is 35.2 Å². The maximum atomic E-state index is 13.1. The van der Waals surface area contributed by atoms with Crippen LogP contribution in [0.1, 0.15) is 64.9 Å². The number of ketones is 1. The molecular formula is C26H41N5O6. The van der Waals surface area contributed by atoms with E-state index in [4.69, 9.17) is 10.5 Å². The summed E-state index contributed by atoms with van der Waals surface area (Å²) in [6, 6.07) is 4.70. The van der Waals surface area contributed by atoms with Gasteiger partial charge in [0, 0.05) is 32.2 Å². The second-order valence-electron chi connectivity index (χ2n) is 9.31. The van der Waals surface area contributed by atoms with Gasteiger partial charge >= 0.3 is 6.03 Å². The lowest BCUT2D eigenvalue weighted by molar-refractivity contribution is -0.132. The molecule has 11 heteroatoms. The third-order valence-electron chi connectivity index (χ3n) is 5.58. The number of nitrogens with one attached hydrogen (secondary N) is 4. The van der Waals surface area contributed by atoms with Crippen molar-refractivity contribution < 1.29 is 28.7 Å². The van der Waals surface area contributed by atoms with Crippen molar-refractivity contribution in [1.82, 2.24) is 16.0 Å². The molecule has 2 atom stereocenters. The van der Waals surface area contributed by atoms with Crippen LogP contribution in [0, 0.1) is 5.92 Å². The number of rotatable bonds is 17. The van der Waals surface area contributed by atoms with E-state index in [-0.39, 0.29) is 37.0 Å². The Morgan fingerprint density at radius 1 is 0.919 bits per heavy atom. The van der Waals surface area contributed by atoms with Crippen molar-refractivity contribution in [2.75, 3.05) is 19.0 Å². The van der Waals surface area contributed by atoms with Crippen LogP contribution >= 0.6 is 0 Å². The molecule has 0 aromatic heterocycles. The Morgan fingerprint density at radius 2 is 1.57 bits per heavy atom. The standard InChI is InChI=1S/C26H41N5O6/c1-17(2)23(31-22(33)10-6-5-8-18(3)32)25(35)30-21(9-7-15-28-26(27)36)24(34)29-20-13-11-19(12-14-20)16-37-4/h11-14,17,21,23H,5-10,15-16H2,1-4H3,(H,29,34)(H,30,35)(H,31,33)(H3,27,28,36). The van der Waals surface area contributed by atoms with Crippen molar-refractivity contribution in [2.24, 2.45) is 11.7 Å². The molecule has 6 N–H and O–H groups in total. The van der Waals surface area contributed by atoms with Crippen LogP contribution in [-0.4, -0.2) is 55.3 Å². The van der Waals surface area contributed by atoms with Crippen molar-refractivity contribution in [3.8, 4) is 0 Å². The summed E-state index contributed by atoms with van der Waals surface area (Å²) in [5.74, 6) is -1.36. The van der Waals surface area contributed by atoms with Crippen LogP contribution < -0.4 is 27.0 Å². The van der Waals surface area contributed by atoms with E-state index in [9.17, 15) is 24.0 Å². The molecule has 0 radical (unpaired) electrons. The van der Waals surface area contributed by atoms with Crippen molar-refractivity contribution in [3.63, 3.8) is 0 Å². The predicted octanol–water partition coefficient (Wildman–Crippen LogP) is 2.00. The Hall–Kier alpha value is -3.47.